The van der Waals surface area contributed by atoms with Crippen LogP contribution < -0.4 is 4.74 Å². The Morgan fingerprint density at radius 1 is 1.25 bits per heavy atom. The van der Waals surface area contributed by atoms with E-state index in [2.05, 4.69) is 0 Å². The second kappa shape index (κ2) is 5.72. The van der Waals surface area contributed by atoms with Crippen LogP contribution in [0, 0.1) is 24.1 Å². The van der Waals surface area contributed by atoms with Crippen molar-refractivity contribution in [2.24, 2.45) is 0 Å². The molecule has 20 heavy (non-hydrogen) atoms. The van der Waals surface area contributed by atoms with Crippen molar-refractivity contribution in [3.05, 3.63) is 58.9 Å². The summed E-state index contributed by atoms with van der Waals surface area (Å²) in [6.07, 6.45) is -0.773. The third-order valence-corrected chi connectivity index (χ3v) is 2.97. The molecule has 0 saturated carbocycles. The minimum absolute atomic E-state index is 0.0713. The molecule has 0 aliphatic heterocycles. The Kier molecular flexibility index (Phi) is 4.02. The molecule has 0 saturated heterocycles. The Bertz CT molecular complexity index is 675. The first kappa shape index (κ1) is 14.0. The highest BCUT2D eigenvalue weighted by atomic mass is 19.1. The fraction of sp³-hybridized carbons (Fsp3) is 0.188. The van der Waals surface area contributed by atoms with Crippen LogP contribution in [0.1, 0.15) is 29.7 Å². The van der Waals surface area contributed by atoms with Crippen molar-refractivity contribution >= 4 is 0 Å². The Labute approximate surface area is 116 Å². The molecule has 0 bridgehead atoms. The highest BCUT2D eigenvalue weighted by Crippen LogP contribution is 2.32. The van der Waals surface area contributed by atoms with Crippen molar-refractivity contribution < 1.29 is 14.2 Å². The largest absolute Gasteiger partial charge is 0.454 e. The van der Waals surface area contributed by atoms with E-state index in [1.165, 1.54) is 12.1 Å². The minimum Gasteiger partial charge on any atom is -0.454 e. The van der Waals surface area contributed by atoms with Gasteiger partial charge in [-0.15, -0.1) is 0 Å². The number of rotatable bonds is 3. The quantitative estimate of drug-likeness (QED) is 0.922. The van der Waals surface area contributed by atoms with Gasteiger partial charge in [0.25, 0.3) is 0 Å². The lowest BCUT2D eigenvalue weighted by Gasteiger charge is -2.14. The fourth-order valence-corrected chi connectivity index (χ4v) is 1.86. The molecule has 2 rings (SSSR count). The van der Waals surface area contributed by atoms with Gasteiger partial charge in [-0.3, -0.25) is 0 Å². The number of aliphatic hydroxyl groups is 1. The smallest absolute Gasteiger partial charge is 0.168 e. The average molecular weight is 271 g/mol. The van der Waals surface area contributed by atoms with Crippen LogP contribution in [-0.2, 0) is 0 Å². The number of nitrogens with zero attached hydrogens (tertiary/aromatic N) is 1. The average Bonchev–Trinajstić information content (AvgIpc) is 2.43. The summed E-state index contributed by atoms with van der Waals surface area (Å²) < 4.78 is 19.5. The zero-order valence-electron chi connectivity index (χ0n) is 11.2. The molecule has 0 spiro atoms. The first-order valence-corrected chi connectivity index (χ1v) is 6.18. The number of ether oxygens (including phenoxy) is 1. The molecule has 0 radical (unpaired) electrons. The molecule has 0 heterocycles. The third-order valence-electron chi connectivity index (χ3n) is 2.97. The van der Waals surface area contributed by atoms with Crippen molar-refractivity contribution in [1.82, 2.24) is 0 Å². The van der Waals surface area contributed by atoms with Gasteiger partial charge in [-0.05, 0) is 37.6 Å². The molecule has 1 atom stereocenters. The first-order chi connectivity index (χ1) is 9.52. The summed E-state index contributed by atoms with van der Waals surface area (Å²) in [4.78, 5) is 0. The SMILES string of the molecule is Cc1cccc(Oc2cc(C#N)ccc2[C@@H](C)O)c1F. The topological polar surface area (TPSA) is 53.2 Å². The number of hydrogen-bond acceptors (Lipinski definition) is 3. The molecule has 0 amide bonds. The Morgan fingerprint density at radius 2 is 2.00 bits per heavy atom. The van der Waals surface area contributed by atoms with E-state index in [-0.39, 0.29) is 11.5 Å². The van der Waals surface area contributed by atoms with Crippen LogP contribution in [-0.4, -0.2) is 5.11 Å². The van der Waals surface area contributed by atoms with Crippen LogP contribution in [0.25, 0.3) is 0 Å². The normalized spacial score (nSPS) is 11.8. The Morgan fingerprint density at radius 3 is 2.65 bits per heavy atom. The molecule has 0 fully saturated rings. The van der Waals surface area contributed by atoms with E-state index < -0.39 is 11.9 Å². The molecular weight excluding hydrogens is 257 g/mol. The van der Waals surface area contributed by atoms with Crippen molar-refractivity contribution in [2.45, 2.75) is 20.0 Å². The van der Waals surface area contributed by atoms with E-state index in [0.717, 1.165) is 0 Å². The lowest BCUT2D eigenvalue weighted by atomic mass is 10.1. The molecule has 0 aromatic heterocycles. The molecular formula is C16H14FNO2. The maximum Gasteiger partial charge on any atom is 0.168 e. The second-order valence-corrected chi connectivity index (χ2v) is 4.53. The molecule has 1 N–H and O–H groups in total. The molecule has 3 nitrogen and oxygen atoms in total. The van der Waals surface area contributed by atoms with Crippen LogP contribution in [0.3, 0.4) is 0 Å². The minimum atomic E-state index is -0.773. The number of aliphatic hydroxyl groups excluding tert-OH is 1. The van der Waals surface area contributed by atoms with E-state index in [1.54, 1.807) is 38.1 Å². The van der Waals surface area contributed by atoms with Gasteiger partial charge in [-0.1, -0.05) is 18.2 Å². The highest BCUT2D eigenvalue weighted by Gasteiger charge is 2.14. The number of nitriles is 1. The van der Waals surface area contributed by atoms with Gasteiger partial charge in [0.15, 0.2) is 11.6 Å². The summed E-state index contributed by atoms with van der Waals surface area (Å²) in [6.45, 7) is 3.23. The van der Waals surface area contributed by atoms with Crippen molar-refractivity contribution in [1.29, 1.82) is 5.26 Å². The van der Waals surface area contributed by atoms with E-state index >= 15 is 0 Å². The van der Waals surface area contributed by atoms with Crippen LogP contribution >= 0.6 is 0 Å². The molecule has 102 valence electrons. The second-order valence-electron chi connectivity index (χ2n) is 4.53. The molecule has 0 aliphatic carbocycles. The number of aryl methyl sites for hydroxylation is 1. The summed E-state index contributed by atoms with van der Waals surface area (Å²) >= 11 is 0. The first-order valence-electron chi connectivity index (χ1n) is 6.18. The fourth-order valence-electron chi connectivity index (χ4n) is 1.86. The number of hydrogen-bond donors (Lipinski definition) is 1. The van der Waals surface area contributed by atoms with Crippen LogP contribution in [0.2, 0.25) is 0 Å². The van der Waals surface area contributed by atoms with Gasteiger partial charge in [-0.25, -0.2) is 4.39 Å². The summed E-state index contributed by atoms with van der Waals surface area (Å²) in [6, 6.07) is 11.5. The Balaban J connectivity index is 2.46. The summed E-state index contributed by atoms with van der Waals surface area (Å²) in [5, 5.41) is 18.6. The lowest BCUT2D eigenvalue weighted by molar-refractivity contribution is 0.195. The van der Waals surface area contributed by atoms with Crippen molar-refractivity contribution in [3.8, 4) is 17.6 Å². The molecule has 2 aromatic carbocycles. The molecule has 4 heteroatoms. The Hall–Kier alpha value is -2.38. The van der Waals surface area contributed by atoms with Gasteiger partial charge in [0.05, 0.1) is 17.7 Å². The van der Waals surface area contributed by atoms with E-state index in [1.807, 2.05) is 6.07 Å². The maximum atomic E-state index is 14.0. The van der Waals surface area contributed by atoms with Crippen molar-refractivity contribution in [3.63, 3.8) is 0 Å². The van der Waals surface area contributed by atoms with Crippen LogP contribution in [0.4, 0.5) is 4.39 Å². The number of benzene rings is 2. The monoisotopic (exact) mass is 271 g/mol. The summed E-state index contributed by atoms with van der Waals surface area (Å²) in [7, 11) is 0. The van der Waals surface area contributed by atoms with Gasteiger partial charge in [0.2, 0.25) is 0 Å². The van der Waals surface area contributed by atoms with Gasteiger partial charge in [0.1, 0.15) is 5.75 Å². The highest BCUT2D eigenvalue weighted by molar-refractivity contribution is 5.46. The predicted molar refractivity (Wildman–Crippen MR) is 73.0 cm³/mol. The van der Waals surface area contributed by atoms with E-state index in [9.17, 15) is 9.50 Å². The van der Waals surface area contributed by atoms with E-state index in [4.69, 9.17) is 10.00 Å². The summed E-state index contributed by atoms with van der Waals surface area (Å²) in [5.74, 6) is -0.100. The van der Waals surface area contributed by atoms with Crippen LogP contribution in [0.15, 0.2) is 36.4 Å². The molecule has 0 aliphatic rings. The molecule has 2 aromatic rings. The third kappa shape index (κ3) is 2.79. The standard InChI is InChI=1S/C16H14FNO2/c1-10-4-3-5-14(16(10)17)20-15-8-12(9-18)6-7-13(15)11(2)19/h3-8,11,19H,1-2H3/t11-/m1/s1. The van der Waals surface area contributed by atoms with Gasteiger partial charge >= 0.3 is 0 Å². The van der Waals surface area contributed by atoms with Gasteiger partial charge in [0, 0.05) is 5.56 Å². The summed E-state index contributed by atoms with van der Waals surface area (Å²) in [5.41, 5.74) is 1.36. The zero-order valence-corrected chi connectivity index (χ0v) is 11.2. The van der Waals surface area contributed by atoms with Gasteiger partial charge < -0.3 is 9.84 Å². The zero-order chi connectivity index (χ0) is 14.7. The van der Waals surface area contributed by atoms with Gasteiger partial charge in [-0.2, -0.15) is 5.26 Å². The van der Waals surface area contributed by atoms with E-state index in [0.29, 0.717) is 16.7 Å². The molecule has 0 unspecified atom stereocenters. The lowest BCUT2D eigenvalue weighted by Crippen LogP contribution is -1.98. The predicted octanol–water partition coefficient (Wildman–Crippen LogP) is 3.85. The van der Waals surface area contributed by atoms with Crippen molar-refractivity contribution in [2.75, 3.05) is 0 Å². The number of halogens is 1. The van der Waals surface area contributed by atoms with Crippen LogP contribution in [0.5, 0.6) is 11.5 Å². The maximum absolute atomic E-state index is 14.0.